The highest BCUT2D eigenvalue weighted by Crippen LogP contribution is 2.29. The van der Waals surface area contributed by atoms with Gasteiger partial charge in [-0.1, -0.05) is 36.4 Å². The molecule has 3 fully saturated rings. The topological polar surface area (TPSA) is 40.6 Å². The lowest BCUT2D eigenvalue weighted by Gasteiger charge is -2.55. The molecule has 2 aromatic carbocycles. The molecule has 6 nitrogen and oxygen atoms in total. The van der Waals surface area contributed by atoms with Gasteiger partial charge in [-0.05, 0) is 52.0 Å². The van der Waals surface area contributed by atoms with E-state index in [4.69, 9.17) is 0 Å². The number of fused-ring (bicyclic) bond motifs is 3. The molecule has 5 rings (SSSR count). The van der Waals surface area contributed by atoms with Crippen LogP contribution in [0.15, 0.2) is 60.7 Å². The monoisotopic (exact) mass is 534 g/mol. The minimum absolute atomic E-state index is 0. The highest BCUT2D eigenvalue weighted by molar-refractivity contribution is 5.95. The summed E-state index contributed by atoms with van der Waals surface area (Å²) < 4.78 is 1.71. The Morgan fingerprint density at radius 3 is 1.14 bits per heavy atom. The molecule has 0 radical (unpaired) electrons. The van der Waals surface area contributed by atoms with Gasteiger partial charge in [0.2, 0.25) is 0 Å². The van der Waals surface area contributed by atoms with Gasteiger partial charge in [-0.2, -0.15) is 0 Å². The van der Waals surface area contributed by atoms with E-state index in [9.17, 15) is 9.59 Å². The van der Waals surface area contributed by atoms with E-state index in [0.717, 1.165) is 59.6 Å². The fourth-order valence-corrected chi connectivity index (χ4v) is 5.78. The quantitative estimate of drug-likeness (QED) is 0.352. The molecule has 0 aromatic heterocycles. The van der Waals surface area contributed by atoms with Crippen LogP contribution in [-0.2, 0) is 9.59 Å². The number of quaternary nitrogens is 2. The van der Waals surface area contributed by atoms with Crippen molar-refractivity contribution in [2.45, 2.75) is 39.8 Å². The average Bonchev–Trinajstić information content (AvgIpc) is 2.81. The normalized spacial score (nSPS) is 22.5. The highest BCUT2D eigenvalue weighted by Gasteiger charge is 2.51. The zero-order valence-electron chi connectivity index (χ0n) is 21.9. The van der Waals surface area contributed by atoms with Gasteiger partial charge >= 0.3 is 0 Å². The van der Waals surface area contributed by atoms with Crippen LogP contribution >= 0.6 is 0 Å². The molecule has 8 heteroatoms. The van der Waals surface area contributed by atoms with Gasteiger partial charge in [0.1, 0.15) is 39.3 Å². The molecule has 36 heavy (non-hydrogen) atoms. The van der Waals surface area contributed by atoms with Gasteiger partial charge in [-0.25, -0.2) is 0 Å². The summed E-state index contributed by atoms with van der Waals surface area (Å²) in [5, 5.41) is 0. The largest absolute Gasteiger partial charge is 1.00 e. The Labute approximate surface area is 228 Å². The van der Waals surface area contributed by atoms with Crippen LogP contribution in [0, 0.1) is 0 Å². The number of piperazine rings is 3. The van der Waals surface area contributed by atoms with E-state index in [0.29, 0.717) is 13.1 Å². The predicted molar refractivity (Wildman–Crippen MR) is 138 cm³/mol. The molecule has 2 aromatic rings. The van der Waals surface area contributed by atoms with Crippen molar-refractivity contribution in [3.05, 3.63) is 60.7 Å². The summed E-state index contributed by atoms with van der Waals surface area (Å²) in [6.07, 6.45) is 0. The van der Waals surface area contributed by atoms with Gasteiger partial charge in [0.25, 0.3) is 11.8 Å². The van der Waals surface area contributed by atoms with Crippen LogP contribution in [0.1, 0.15) is 27.7 Å². The van der Waals surface area contributed by atoms with E-state index >= 15 is 0 Å². The smallest absolute Gasteiger partial charge is 0.282 e. The lowest BCUT2D eigenvalue weighted by atomic mass is 10.1. The van der Waals surface area contributed by atoms with Crippen LogP contribution in [-0.4, -0.2) is 85.2 Å². The van der Waals surface area contributed by atoms with Crippen molar-refractivity contribution in [3.8, 4) is 0 Å². The second-order valence-corrected chi connectivity index (χ2v) is 10.7. The second-order valence-electron chi connectivity index (χ2n) is 10.7. The van der Waals surface area contributed by atoms with Crippen molar-refractivity contribution in [2.24, 2.45) is 0 Å². The highest BCUT2D eigenvalue weighted by atomic mass is 35.5. The summed E-state index contributed by atoms with van der Waals surface area (Å²) in [7, 11) is 0. The fraction of sp³-hybridized carbons (Fsp3) is 0.500. The number of hydrogen-bond donors (Lipinski definition) is 0. The molecule has 3 saturated heterocycles. The molecule has 0 spiro atoms. The summed E-state index contributed by atoms with van der Waals surface area (Å²) in [6, 6.07) is 20.3. The zero-order valence-corrected chi connectivity index (χ0v) is 23.5. The maximum absolute atomic E-state index is 13.5. The molecular weight excluding hydrogens is 495 g/mol. The Hall–Kier alpha value is -2.12. The Balaban J connectivity index is 0.00000228. The van der Waals surface area contributed by atoms with E-state index in [-0.39, 0.29) is 48.7 Å². The van der Waals surface area contributed by atoms with Gasteiger partial charge in [0, 0.05) is 23.5 Å². The third-order valence-electron chi connectivity index (χ3n) is 7.73. The maximum atomic E-state index is 13.5. The first kappa shape index (κ1) is 30.1. The minimum atomic E-state index is 0. The number of amides is 2. The molecule has 2 bridgehead atoms. The Bertz CT molecular complexity index is 895. The number of benzene rings is 2. The molecule has 198 valence electrons. The number of rotatable bonds is 8. The summed E-state index contributed by atoms with van der Waals surface area (Å²) in [6.45, 7) is 15.2. The third-order valence-corrected chi connectivity index (χ3v) is 7.73. The summed E-state index contributed by atoms with van der Waals surface area (Å²) >= 11 is 0. The number of anilines is 2. The zero-order chi connectivity index (χ0) is 24.3. The molecule has 3 heterocycles. The summed E-state index contributed by atoms with van der Waals surface area (Å²) in [5.41, 5.74) is 1.94. The number of hydrogen-bond acceptors (Lipinski definition) is 2. The molecule has 0 saturated carbocycles. The van der Waals surface area contributed by atoms with Gasteiger partial charge in [-0.3, -0.25) is 9.59 Å². The van der Waals surface area contributed by atoms with Crippen molar-refractivity contribution in [2.75, 3.05) is 62.2 Å². The molecule has 2 amide bonds. The van der Waals surface area contributed by atoms with Crippen LogP contribution < -0.4 is 34.6 Å². The lowest BCUT2D eigenvalue weighted by molar-refractivity contribution is -1.07. The number of carbonyl (C=O) groups excluding carboxylic acids is 2. The van der Waals surface area contributed by atoms with Gasteiger partial charge in [0.15, 0.2) is 13.1 Å². The summed E-state index contributed by atoms with van der Waals surface area (Å²) in [5.74, 6) is 0.406. The molecule has 0 aliphatic carbocycles. The molecular formula is C28H40Cl2N4O2. The van der Waals surface area contributed by atoms with Crippen LogP contribution in [0.4, 0.5) is 11.4 Å². The first-order valence-corrected chi connectivity index (χ1v) is 12.7. The Morgan fingerprint density at radius 1 is 0.611 bits per heavy atom. The van der Waals surface area contributed by atoms with Crippen molar-refractivity contribution in [1.29, 1.82) is 0 Å². The van der Waals surface area contributed by atoms with Crippen molar-refractivity contribution in [1.82, 2.24) is 0 Å². The van der Waals surface area contributed by atoms with E-state index in [1.165, 1.54) is 0 Å². The van der Waals surface area contributed by atoms with E-state index < -0.39 is 0 Å². The maximum Gasteiger partial charge on any atom is 0.282 e. The molecule has 3 aliphatic rings. The standard InChI is InChI=1S/C28H40N4O2.2ClH/c1-23(2)29(25-11-7-5-8-12-25)27(33)21-31-15-18-32(19-16-31,20-17-31)22-28(34)30(24(3)4)26-13-9-6-10-14-26;;/h5-14,23-24H,15-22H2,1-4H3;2*1H/q+2;;/p-2. The molecule has 3 aliphatic heterocycles. The molecule has 0 N–H and O–H groups in total. The number of halogens is 2. The van der Waals surface area contributed by atoms with Crippen molar-refractivity contribution in [3.63, 3.8) is 0 Å². The minimum Gasteiger partial charge on any atom is -1.00 e. The van der Waals surface area contributed by atoms with E-state index in [1.54, 1.807) is 0 Å². The summed E-state index contributed by atoms with van der Waals surface area (Å²) in [4.78, 5) is 30.8. The fourth-order valence-electron chi connectivity index (χ4n) is 5.78. The predicted octanol–water partition coefficient (Wildman–Crippen LogP) is -2.46. The van der Waals surface area contributed by atoms with E-state index in [1.807, 2.05) is 70.5 Å². The molecule has 0 atom stereocenters. The first-order chi connectivity index (χ1) is 16.2. The number of para-hydroxylation sites is 2. The molecule has 0 unspecified atom stereocenters. The van der Waals surface area contributed by atoms with Crippen LogP contribution in [0.25, 0.3) is 0 Å². The third kappa shape index (κ3) is 6.41. The number of carbonyl (C=O) groups is 2. The van der Waals surface area contributed by atoms with Gasteiger partial charge in [0.05, 0.1) is 0 Å². The Kier molecular flexibility index (Phi) is 10.4. The average molecular weight is 536 g/mol. The Morgan fingerprint density at radius 2 is 0.889 bits per heavy atom. The second kappa shape index (κ2) is 12.4. The number of nitrogens with zero attached hydrogens (tertiary/aromatic N) is 4. The van der Waals surface area contributed by atoms with Gasteiger partial charge in [-0.15, -0.1) is 0 Å². The SMILES string of the molecule is CC(C)N(C(=O)C[N+]12CC[N+](CC(=O)N(c3ccccc3)C(C)C)(CC1)CC2)c1ccccc1.[Cl-].[Cl-]. The first-order valence-electron chi connectivity index (χ1n) is 12.7. The van der Waals surface area contributed by atoms with Crippen molar-refractivity contribution >= 4 is 23.2 Å². The van der Waals surface area contributed by atoms with Crippen molar-refractivity contribution < 1.29 is 43.4 Å². The van der Waals surface area contributed by atoms with Crippen LogP contribution in [0.5, 0.6) is 0 Å². The van der Waals surface area contributed by atoms with Gasteiger partial charge < -0.3 is 43.6 Å². The lowest BCUT2D eigenvalue weighted by Crippen LogP contribution is -3.00. The van der Waals surface area contributed by atoms with E-state index in [2.05, 4.69) is 27.7 Å². The van der Waals surface area contributed by atoms with Crippen LogP contribution in [0.3, 0.4) is 0 Å². The van der Waals surface area contributed by atoms with Crippen LogP contribution in [0.2, 0.25) is 0 Å².